The zero-order chi connectivity index (χ0) is 13.8. The first kappa shape index (κ1) is 13.5. The molecule has 2 amide bonds. The Balaban J connectivity index is 1.77. The molecule has 2 N–H and O–H groups in total. The van der Waals surface area contributed by atoms with E-state index in [4.69, 9.17) is 0 Å². The van der Waals surface area contributed by atoms with E-state index in [2.05, 4.69) is 20.7 Å². The number of amides is 2. The average molecular weight is 279 g/mol. The molecule has 0 aromatic carbocycles. The van der Waals surface area contributed by atoms with Crippen molar-refractivity contribution in [3.8, 4) is 0 Å². The fraction of sp³-hybridized carbons (Fsp3) is 0.417. The van der Waals surface area contributed by atoms with Gasteiger partial charge in [0.25, 0.3) is 0 Å². The molecule has 0 spiro atoms. The number of carbonyl (C=O) groups is 1. The van der Waals surface area contributed by atoms with Gasteiger partial charge in [0.1, 0.15) is 0 Å². The maximum Gasteiger partial charge on any atom is 0.319 e. The fourth-order valence-electron chi connectivity index (χ4n) is 1.69. The number of aryl methyl sites for hydroxylation is 3. The first-order chi connectivity index (χ1) is 9.04. The van der Waals surface area contributed by atoms with Gasteiger partial charge in [-0.05, 0) is 13.8 Å². The van der Waals surface area contributed by atoms with Crippen LogP contribution in [0.2, 0.25) is 0 Å². The van der Waals surface area contributed by atoms with Crippen LogP contribution < -0.4 is 10.6 Å². The predicted octanol–water partition coefficient (Wildman–Crippen LogP) is 1.86. The summed E-state index contributed by atoms with van der Waals surface area (Å²) >= 11 is 1.65. The molecule has 2 heterocycles. The molecule has 0 unspecified atom stereocenters. The van der Waals surface area contributed by atoms with Gasteiger partial charge in [0.2, 0.25) is 0 Å². The molecule has 2 aromatic heterocycles. The Bertz CT molecular complexity index is 574. The molecule has 102 valence electrons. The first-order valence-electron chi connectivity index (χ1n) is 6.01. The van der Waals surface area contributed by atoms with Crippen LogP contribution in [0.4, 0.5) is 10.5 Å². The smallest absolute Gasteiger partial charge is 0.319 e. The summed E-state index contributed by atoms with van der Waals surface area (Å²) in [6.45, 7) is 4.44. The van der Waals surface area contributed by atoms with E-state index in [0.717, 1.165) is 22.8 Å². The molecule has 7 heteroatoms. The van der Waals surface area contributed by atoms with Gasteiger partial charge in [-0.2, -0.15) is 5.10 Å². The van der Waals surface area contributed by atoms with E-state index in [-0.39, 0.29) is 6.03 Å². The molecule has 0 saturated heterocycles. The highest BCUT2D eigenvalue weighted by atomic mass is 32.1. The summed E-state index contributed by atoms with van der Waals surface area (Å²) in [5.41, 5.74) is 1.53. The van der Waals surface area contributed by atoms with E-state index < -0.39 is 0 Å². The molecule has 0 atom stereocenters. The number of thiazole rings is 1. The van der Waals surface area contributed by atoms with Crippen LogP contribution >= 0.6 is 11.3 Å². The second-order valence-electron chi connectivity index (χ2n) is 4.30. The molecule has 0 aliphatic rings. The standard InChI is InChI=1S/C12H17N5OS/c1-8-6-14-11(19-8)4-5-13-12(18)15-10-7-17(3)16-9(10)2/h6-7H,4-5H2,1-3H3,(H2,13,15,18). The van der Waals surface area contributed by atoms with Crippen molar-refractivity contribution in [1.82, 2.24) is 20.1 Å². The molecule has 0 fully saturated rings. The fourth-order valence-corrected chi connectivity index (χ4v) is 2.48. The van der Waals surface area contributed by atoms with Crippen LogP contribution in [0.3, 0.4) is 0 Å². The number of nitrogens with one attached hydrogen (secondary N) is 2. The third kappa shape index (κ3) is 3.78. The summed E-state index contributed by atoms with van der Waals surface area (Å²) in [5, 5.41) is 10.8. The molecular weight excluding hydrogens is 262 g/mol. The van der Waals surface area contributed by atoms with E-state index >= 15 is 0 Å². The van der Waals surface area contributed by atoms with Gasteiger partial charge in [-0.3, -0.25) is 4.68 Å². The maximum atomic E-state index is 11.7. The van der Waals surface area contributed by atoms with Crippen molar-refractivity contribution in [1.29, 1.82) is 0 Å². The van der Waals surface area contributed by atoms with Crippen LogP contribution in [0.5, 0.6) is 0 Å². The lowest BCUT2D eigenvalue weighted by Gasteiger charge is -2.05. The lowest BCUT2D eigenvalue weighted by molar-refractivity contribution is 0.252. The van der Waals surface area contributed by atoms with E-state index in [0.29, 0.717) is 6.54 Å². The Morgan fingerprint density at radius 2 is 2.26 bits per heavy atom. The minimum atomic E-state index is -0.218. The molecule has 0 saturated carbocycles. The topological polar surface area (TPSA) is 71.8 Å². The molecule has 2 rings (SSSR count). The van der Waals surface area contributed by atoms with Crippen molar-refractivity contribution < 1.29 is 4.79 Å². The largest absolute Gasteiger partial charge is 0.337 e. The van der Waals surface area contributed by atoms with Crippen LogP contribution in [0.25, 0.3) is 0 Å². The zero-order valence-corrected chi connectivity index (χ0v) is 12.0. The van der Waals surface area contributed by atoms with E-state index in [1.807, 2.05) is 27.1 Å². The summed E-state index contributed by atoms with van der Waals surface area (Å²) in [5.74, 6) is 0. The Labute approximate surface area is 115 Å². The van der Waals surface area contributed by atoms with Crippen LogP contribution in [0, 0.1) is 13.8 Å². The van der Waals surface area contributed by atoms with Crippen molar-refractivity contribution >= 4 is 23.1 Å². The van der Waals surface area contributed by atoms with Gasteiger partial charge >= 0.3 is 6.03 Å². The minimum absolute atomic E-state index is 0.218. The second-order valence-corrected chi connectivity index (χ2v) is 5.62. The normalized spacial score (nSPS) is 10.5. The molecular formula is C12H17N5OS. The van der Waals surface area contributed by atoms with Gasteiger partial charge in [0.15, 0.2) is 0 Å². The van der Waals surface area contributed by atoms with Crippen LogP contribution in [-0.2, 0) is 13.5 Å². The van der Waals surface area contributed by atoms with Crippen LogP contribution in [0.15, 0.2) is 12.4 Å². The van der Waals surface area contributed by atoms with Crippen LogP contribution in [0.1, 0.15) is 15.6 Å². The monoisotopic (exact) mass is 279 g/mol. The Kier molecular flexibility index (Phi) is 4.16. The Morgan fingerprint density at radius 1 is 1.47 bits per heavy atom. The van der Waals surface area contributed by atoms with E-state index in [1.165, 1.54) is 4.88 Å². The van der Waals surface area contributed by atoms with Crippen molar-refractivity contribution in [3.05, 3.63) is 28.0 Å². The summed E-state index contributed by atoms with van der Waals surface area (Å²) < 4.78 is 1.67. The summed E-state index contributed by atoms with van der Waals surface area (Å²) in [6.07, 6.45) is 4.37. The molecule has 6 nitrogen and oxygen atoms in total. The second kappa shape index (κ2) is 5.83. The third-order valence-corrected chi connectivity index (χ3v) is 3.53. The molecule has 2 aromatic rings. The summed E-state index contributed by atoms with van der Waals surface area (Å²) in [4.78, 5) is 17.1. The van der Waals surface area contributed by atoms with Crippen LogP contribution in [-0.4, -0.2) is 27.3 Å². The SMILES string of the molecule is Cc1cnc(CCNC(=O)Nc2cn(C)nc2C)s1. The maximum absolute atomic E-state index is 11.7. The summed E-state index contributed by atoms with van der Waals surface area (Å²) in [6, 6.07) is -0.218. The third-order valence-electron chi connectivity index (χ3n) is 2.56. The first-order valence-corrected chi connectivity index (χ1v) is 6.82. The number of anilines is 1. The van der Waals surface area contributed by atoms with Crippen molar-refractivity contribution in [2.45, 2.75) is 20.3 Å². The van der Waals surface area contributed by atoms with Gasteiger partial charge in [-0.15, -0.1) is 11.3 Å². The molecule has 0 aliphatic carbocycles. The quantitative estimate of drug-likeness (QED) is 0.897. The lowest BCUT2D eigenvalue weighted by Crippen LogP contribution is -2.30. The van der Waals surface area contributed by atoms with Crippen molar-refractivity contribution in [3.63, 3.8) is 0 Å². The molecule has 0 bridgehead atoms. The Hall–Kier alpha value is -1.89. The number of carbonyl (C=O) groups excluding carboxylic acids is 1. The van der Waals surface area contributed by atoms with E-state index in [9.17, 15) is 4.79 Å². The zero-order valence-electron chi connectivity index (χ0n) is 11.2. The lowest BCUT2D eigenvalue weighted by atomic mass is 10.4. The highest BCUT2D eigenvalue weighted by Gasteiger charge is 2.07. The average Bonchev–Trinajstić information content (AvgIpc) is 2.86. The highest BCUT2D eigenvalue weighted by molar-refractivity contribution is 7.11. The number of hydrogen-bond donors (Lipinski definition) is 2. The number of urea groups is 1. The molecule has 19 heavy (non-hydrogen) atoms. The summed E-state index contributed by atoms with van der Waals surface area (Å²) in [7, 11) is 1.82. The molecule has 0 aliphatic heterocycles. The van der Waals surface area contributed by atoms with E-state index in [1.54, 1.807) is 22.2 Å². The van der Waals surface area contributed by atoms with Gasteiger partial charge in [0, 0.05) is 37.3 Å². The number of rotatable bonds is 4. The predicted molar refractivity (Wildman–Crippen MR) is 75.5 cm³/mol. The van der Waals surface area contributed by atoms with Crippen molar-refractivity contribution in [2.75, 3.05) is 11.9 Å². The molecule has 0 radical (unpaired) electrons. The highest BCUT2D eigenvalue weighted by Crippen LogP contribution is 2.12. The van der Waals surface area contributed by atoms with Gasteiger partial charge in [-0.25, -0.2) is 9.78 Å². The number of nitrogens with zero attached hydrogens (tertiary/aromatic N) is 3. The van der Waals surface area contributed by atoms with Crippen molar-refractivity contribution in [2.24, 2.45) is 7.05 Å². The van der Waals surface area contributed by atoms with Gasteiger partial charge in [0.05, 0.1) is 16.4 Å². The number of hydrogen-bond acceptors (Lipinski definition) is 4. The number of aromatic nitrogens is 3. The van der Waals surface area contributed by atoms with Gasteiger partial charge < -0.3 is 10.6 Å². The Morgan fingerprint density at radius 3 is 2.84 bits per heavy atom. The minimum Gasteiger partial charge on any atom is -0.337 e. The van der Waals surface area contributed by atoms with Gasteiger partial charge in [-0.1, -0.05) is 0 Å².